The predicted octanol–water partition coefficient (Wildman–Crippen LogP) is 4.90. The second-order valence-electron chi connectivity index (χ2n) is 5.29. The summed E-state index contributed by atoms with van der Waals surface area (Å²) in [4.78, 5) is 19.8. The highest BCUT2D eigenvalue weighted by molar-refractivity contribution is 5.71. The van der Waals surface area contributed by atoms with Crippen LogP contribution in [0.1, 0.15) is 45.1 Å². The van der Waals surface area contributed by atoms with Crippen LogP contribution in [0, 0.1) is 20.2 Å². The lowest BCUT2D eigenvalue weighted by atomic mass is 10.0. The van der Waals surface area contributed by atoms with Gasteiger partial charge in [0, 0.05) is 12.1 Å². The average Bonchev–Trinajstić information content (AvgIpc) is 2.49. The largest absolute Gasteiger partial charge is 0.418 e. The molecule has 0 radical (unpaired) electrons. The zero-order valence-corrected chi connectivity index (χ0v) is 13.2. The number of nitrogens with zero attached hydrogens (tertiary/aromatic N) is 2. The summed E-state index contributed by atoms with van der Waals surface area (Å²) in [6.45, 7) is 3.67. The number of hydrogen-bond acceptors (Lipinski definition) is 5. The number of nitro benzene ring substituents is 2. The van der Waals surface area contributed by atoms with Crippen molar-refractivity contribution in [1.82, 2.24) is 0 Å². The number of nitro groups is 2. The number of unbranched alkanes of at least 4 members (excludes halogenated alkanes) is 1. The molecule has 134 valence electrons. The molecule has 0 spiro atoms. The van der Waals surface area contributed by atoms with Gasteiger partial charge in [0.2, 0.25) is 0 Å². The van der Waals surface area contributed by atoms with Crippen molar-refractivity contribution in [3.05, 3.63) is 37.9 Å². The van der Waals surface area contributed by atoms with Gasteiger partial charge in [0.05, 0.1) is 21.5 Å². The normalized spacial score (nSPS) is 12.7. The fraction of sp³-hybridized carbons (Fsp3) is 0.571. The van der Waals surface area contributed by atoms with Gasteiger partial charge in [-0.05, 0) is 12.8 Å². The fourth-order valence-electron chi connectivity index (χ4n) is 2.27. The van der Waals surface area contributed by atoms with E-state index >= 15 is 0 Å². The van der Waals surface area contributed by atoms with Gasteiger partial charge in [0.15, 0.2) is 0 Å². The molecule has 10 heteroatoms. The molecular weight excluding hydrogens is 331 g/mol. The minimum atomic E-state index is -4.96. The summed E-state index contributed by atoms with van der Waals surface area (Å²) in [5.74, 6) is 0. The molecule has 1 aromatic carbocycles. The van der Waals surface area contributed by atoms with Crippen LogP contribution >= 0.6 is 0 Å². The van der Waals surface area contributed by atoms with Crippen LogP contribution in [0.2, 0.25) is 0 Å². The first kappa shape index (κ1) is 19.7. The van der Waals surface area contributed by atoms with E-state index in [9.17, 15) is 33.4 Å². The Hall–Kier alpha value is -2.39. The molecule has 0 amide bonds. The number of anilines is 1. The summed E-state index contributed by atoms with van der Waals surface area (Å²) in [6.07, 6.45) is -2.38. The first-order valence-electron chi connectivity index (χ1n) is 7.42. The predicted molar refractivity (Wildman–Crippen MR) is 82.0 cm³/mol. The molecular formula is C14H18F3N3O4. The molecule has 1 atom stereocenters. The maximum Gasteiger partial charge on any atom is 0.418 e. The average molecular weight is 349 g/mol. The monoisotopic (exact) mass is 349 g/mol. The molecule has 1 aromatic rings. The standard InChI is InChI=1S/C14H18F3N3O4/c1-3-5-6-9(4-2)18-13-11(14(15,16)17)7-10(19(21)22)8-12(13)20(23)24/h7-9,18H,3-6H2,1-2H3. The lowest BCUT2D eigenvalue weighted by molar-refractivity contribution is -0.394. The van der Waals surface area contributed by atoms with E-state index in [2.05, 4.69) is 5.32 Å². The van der Waals surface area contributed by atoms with Gasteiger partial charge in [-0.1, -0.05) is 26.7 Å². The van der Waals surface area contributed by atoms with Gasteiger partial charge in [-0.25, -0.2) is 0 Å². The Balaban J connectivity index is 3.48. The van der Waals surface area contributed by atoms with E-state index in [1.54, 1.807) is 6.92 Å². The number of rotatable bonds is 8. The van der Waals surface area contributed by atoms with Crippen LogP contribution < -0.4 is 5.32 Å². The number of nitrogens with one attached hydrogen (secondary N) is 1. The summed E-state index contributed by atoms with van der Waals surface area (Å²) >= 11 is 0. The molecule has 0 heterocycles. The Bertz CT molecular complexity index is 620. The molecule has 1 unspecified atom stereocenters. The Morgan fingerprint density at radius 2 is 1.79 bits per heavy atom. The molecule has 7 nitrogen and oxygen atoms in total. The van der Waals surface area contributed by atoms with Crippen LogP contribution in [0.3, 0.4) is 0 Å². The summed E-state index contributed by atoms with van der Waals surface area (Å²) in [6, 6.07) is 0.470. The van der Waals surface area contributed by atoms with Crippen LogP contribution in [0.5, 0.6) is 0 Å². The van der Waals surface area contributed by atoms with Gasteiger partial charge in [-0.15, -0.1) is 0 Å². The minimum absolute atomic E-state index is 0.321. The van der Waals surface area contributed by atoms with E-state index in [1.807, 2.05) is 6.92 Å². The lowest BCUT2D eigenvalue weighted by Crippen LogP contribution is -2.22. The fourth-order valence-corrected chi connectivity index (χ4v) is 2.27. The smallest absolute Gasteiger partial charge is 0.376 e. The van der Waals surface area contributed by atoms with Crippen molar-refractivity contribution in [2.45, 2.75) is 51.7 Å². The molecule has 0 aliphatic rings. The van der Waals surface area contributed by atoms with E-state index in [0.717, 1.165) is 12.8 Å². The van der Waals surface area contributed by atoms with Crippen LogP contribution in [0.4, 0.5) is 30.2 Å². The van der Waals surface area contributed by atoms with Crippen molar-refractivity contribution < 1.29 is 23.0 Å². The van der Waals surface area contributed by atoms with Crippen LogP contribution in [-0.2, 0) is 6.18 Å². The van der Waals surface area contributed by atoms with Gasteiger partial charge < -0.3 is 5.32 Å². The maximum absolute atomic E-state index is 13.3. The van der Waals surface area contributed by atoms with E-state index in [1.165, 1.54) is 0 Å². The van der Waals surface area contributed by atoms with Gasteiger partial charge >= 0.3 is 6.18 Å². The van der Waals surface area contributed by atoms with Crippen molar-refractivity contribution in [1.29, 1.82) is 0 Å². The third kappa shape index (κ3) is 4.80. The highest BCUT2D eigenvalue weighted by Crippen LogP contribution is 2.43. The van der Waals surface area contributed by atoms with Gasteiger partial charge in [0.25, 0.3) is 11.4 Å². The van der Waals surface area contributed by atoms with E-state index < -0.39 is 44.7 Å². The number of halogens is 3. The van der Waals surface area contributed by atoms with E-state index in [0.29, 0.717) is 25.0 Å². The molecule has 0 aliphatic heterocycles. The molecule has 1 rings (SSSR count). The van der Waals surface area contributed by atoms with Crippen molar-refractivity contribution in [2.24, 2.45) is 0 Å². The summed E-state index contributed by atoms with van der Waals surface area (Å²) in [5, 5.41) is 24.5. The number of non-ortho nitro benzene ring substituents is 1. The molecule has 0 fully saturated rings. The second-order valence-corrected chi connectivity index (χ2v) is 5.29. The first-order chi connectivity index (χ1) is 11.1. The number of benzene rings is 1. The first-order valence-corrected chi connectivity index (χ1v) is 7.42. The van der Waals surface area contributed by atoms with Gasteiger partial charge in [-0.2, -0.15) is 13.2 Å². The summed E-state index contributed by atoms with van der Waals surface area (Å²) in [5.41, 5.74) is -4.05. The minimum Gasteiger partial charge on any atom is -0.376 e. The Labute approximate surface area is 136 Å². The van der Waals surface area contributed by atoms with Crippen molar-refractivity contribution in [3.63, 3.8) is 0 Å². The highest BCUT2D eigenvalue weighted by atomic mass is 19.4. The third-order valence-corrected chi connectivity index (χ3v) is 3.56. The molecule has 0 aromatic heterocycles. The zero-order chi connectivity index (χ0) is 18.5. The zero-order valence-electron chi connectivity index (χ0n) is 13.2. The maximum atomic E-state index is 13.3. The third-order valence-electron chi connectivity index (χ3n) is 3.56. The lowest BCUT2D eigenvalue weighted by Gasteiger charge is -2.21. The van der Waals surface area contributed by atoms with Crippen molar-refractivity contribution in [3.8, 4) is 0 Å². The molecule has 0 saturated carbocycles. The Morgan fingerprint density at radius 3 is 2.21 bits per heavy atom. The van der Waals surface area contributed by atoms with Crippen molar-refractivity contribution >= 4 is 17.1 Å². The quantitative estimate of drug-likeness (QED) is 0.531. The number of hydrogen-bond donors (Lipinski definition) is 1. The second kappa shape index (κ2) is 7.93. The Kier molecular flexibility index (Phi) is 6.50. The highest BCUT2D eigenvalue weighted by Gasteiger charge is 2.40. The van der Waals surface area contributed by atoms with Crippen molar-refractivity contribution in [2.75, 3.05) is 5.32 Å². The SMILES string of the molecule is CCCCC(CC)Nc1c([N+](=O)[O-])cc([N+](=O)[O-])cc1C(F)(F)F. The van der Waals surface area contributed by atoms with Crippen LogP contribution in [-0.4, -0.2) is 15.9 Å². The molecule has 24 heavy (non-hydrogen) atoms. The van der Waals surface area contributed by atoms with Gasteiger partial charge in [-0.3, -0.25) is 20.2 Å². The molecule has 0 aliphatic carbocycles. The van der Waals surface area contributed by atoms with E-state index in [-0.39, 0.29) is 0 Å². The summed E-state index contributed by atoms with van der Waals surface area (Å²) < 4.78 is 39.8. The summed E-state index contributed by atoms with van der Waals surface area (Å²) in [7, 11) is 0. The molecule has 0 saturated heterocycles. The topological polar surface area (TPSA) is 98.3 Å². The molecule has 0 bridgehead atoms. The molecule has 1 N–H and O–H groups in total. The Morgan fingerprint density at radius 1 is 1.17 bits per heavy atom. The number of alkyl halides is 3. The van der Waals surface area contributed by atoms with Crippen LogP contribution in [0.25, 0.3) is 0 Å². The van der Waals surface area contributed by atoms with Crippen LogP contribution in [0.15, 0.2) is 12.1 Å². The van der Waals surface area contributed by atoms with Gasteiger partial charge in [0.1, 0.15) is 5.69 Å². The van der Waals surface area contributed by atoms with E-state index in [4.69, 9.17) is 0 Å².